The molecule has 0 atom stereocenters. The summed E-state index contributed by atoms with van der Waals surface area (Å²) < 4.78 is 4.05. The van der Waals surface area contributed by atoms with Crippen molar-refractivity contribution in [3.05, 3.63) is 64.7 Å². The maximum Gasteiger partial charge on any atom is 0.191 e. The zero-order chi connectivity index (χ0) is 20.8. The van der Waals surface area contributed by atoms with Gasteiger partial charge in [0.25, 0.3) is 0 Å². The van der Waals surface area contributed by atoms with Gasteiger partial charge in [-0.15, -0.1) is 0 Å². The van der Waals surface area contributed by atoms with Gasteiger partial charge in [-0.2, -0.15) is 10.2 Å². The van der Waals surface area contributed by atoms with Crippen molar-refractivity contribution in [1.29, 1.82) is 0 Å². The number of aromatic nitrogens is 4. The molecule has 0 spiro atoms. The summed E-state index contributed by atoms with van der Waals surface area (Å²) in [4.78, 5) is 4.34. The van der Waals surface area contributed by atoms with Gasteiger partial charge in [0.1, 0.15) is 0 Å². The maximum absolute atomic E-state index is 4.71. The lowest BCUT2D eigenvalue weighted by molar-refractivity contribution is 0.555. The third-order valence-electron chi connectivity index (χ3n) is 5.04. The summed E-state index contributed by atoms with van der Waals surface area (Å²) in [5.74, 6) is 0.796. The van der Waals surface area contributed by atoms with Crippen LogP contribution in [-0.2, 0) is 13.1 Å². The highest BCUT2D eigenvalue weighted by atomic mass is 15.3. The van der Waals surface area contributed by atoms with Gasteiger partial charge in [0.15, 0.2) is 5.96 Å². The molecule has 0 bridgehead atoms. The van der Waals surface area contributed by atoms with E-state index in [0.717, 1.165) is 48.2 Å². The predicted molar refractivity (Wildman–Crippen MR) is 118 cm³/mol. The molecular formula is C22H31N7. The molecule has 0 aliphatic heterocycles. The van der Waals surface area contributed by atoms with Gasteiger partial charge in [-0.05, 0) is 52.3 Å². The van der Waals surface area contributed by atoms with Crippen molar-refractivity contribution in [3.8, 4) is 5.69 Å². The fourth-order valence-electron chi connectivity index (χ4n) is 3.48. The Morgan fingerprint density at radius 2 is 1.79 bits per heavy atom. The van der Waals surface area contributed by atoms with Crippen molar-refractivity contribution >= 4 is 5.96 Å². The highest BCUT2D eigenvalue weighted by Crippen LogP contribution is 2.17. The molecule has 3 aromatic rings. The van der Waals surface area contributed by atoms with E-state index in [1.807, 2.05) is 36.7 Å². The smallest absolute Gasteiger partial charge is 0.191 e. The average molecular weight is 394 g/mol. The van der Waals surface area contributed by atoms with E-state index in [9.17, 15) is 0 Å². The number of para-hydroxylation sites is 1. The highest BCUT2D eigenvalue weighted by molar-refractivity contribution is 5.79. The summed E-state index contributed by atoms with van der Waals surface area (Å²) in [5, 5.41) is 16.0. The van der Waals surface area contributed by atoms with Crippen LogP contribution in [0.1, 0.15) is 34.8 Å². The van der Waals surface area contributed by atoms with E-state index in [4.69, 9.17) is 5.10 Å². The summed E-state index contributed by atoms with van der Waals surface area (Å²) in [7, 11) is 1.80. The standard InChI is InChI=1S/C22H31N7/c1-16-14-17(2)28(26-16)13-9-12-24-22(23-5)25-15-21-18(3)27-29(19(21)4)20-10-7-6-8-11-20/h6-8,10-11,14H,9,12-13,15H2,1-5H3,(H2,23,24,25). The first-order chi connectivity index (χ1) is 14.0. The third-order valence-corrected chi connectivity index (χ3v) is 5.04. The number of hydrogen-bond acceptors (Lipinski definition) is 3. The molecule has 3 rings (SSSR count). The zero-order valence-electron chi connectivity index (χ0n) is 18.0. The van der Waals surface area contributed by atoms with E-state index in [-0.39, 0.29) is 0 Å². The van der Waals surface area contributed by atoms with Crippen molar-refractivity contribution in [1.82, 2.24) is 30.2 Å². The van der Waals surface area contributed by atoms with E-state index in [1.54, 1.807) is 7.05 Å². The highest BCUT2D eigenvalue weighted by Gasteiger charge is 2.13. The van der Waals surface area contributed by atoms with Gasteiger partial charge in [0.05, 0.1) is 17.1 Å². The van der Waals surface area contributed by atoms with Crippen LogP contribution in [0, 0.1) is 27.7 Å². The molecule has 0 saturated heterocycles. The van der Waals surface area contributed by atoms with E-state index in [1.165, 1.54) is 11.3 Å². The monoisotopic (exact) mass is 393 g/mol. The second-order valence-corrected chi connectivity index (χ2v) is 7.25. The fraction of sp³-hybridized carbons (Fsp3) is 0.409. The lowest BCUT2D eigenvalue weighted by Gasteiger charge is -2.13. The molecule has 0 saturated carbocycles. The molecule has 0 fully saturated rings. The number of hydrogen-bond donors (Lipinski definition) is 2. The Morgan fingerprint density at radius 1 is 1.03 bits per heavy atom. The van der Waals surface area contributed by atoms with E-state index in [0.29, 0.717) is 6.54 Å². The molecule has 2 N–H and O–H groups in total. The lowest BCUT2D eigenvalue weighted by Crippen LogP contribution is -2.37. The van der Waals surface area contributed by atoms with Crippen molar-refractivity contribution in [2.24, 2.45) is 4.99 Å². The summed E-state index contributed by atoms with van der Waals surface area (Å²) in [6.45, 7) is 10.7. The molecule has 0 radical (unpaired) electrons. The minimum Gasteiger partial charge on any atom is -0.356 e. The molecule has 0 amide bonds. The van der Waals surface area contributed by atoms with E-state index < -0.39 is 0 Å². The van der Waals surface area contributed by atoms with Crippen LogP contribution in [0.15, 0.2) is 41.4 Å². The molecule has 7 heteroatoms. The van der Waals surface area contributed by atoms with Crippen LogP contribution in [-0.4, -0.2) is 39.1 Å². The van der Waals surface area contributed by atoms with Crippen LogP contribution in [0.3, 0.4) is 0 Å². The number of nitrogens with one attached hydrogen (secondary N) is 2. The second-order valence-electron chi connectivity index (χ2n) is 7.25. The van der Waals surface area contributed by atoms with Gasteiger partial charge in [0, 0.05) is 43.6 Å². The topological polar surface area (TPSA) is 72.1 Å². The normalized spacial score (nSPS) is 11.7. The quantitative estimate of drug-likeness (QED) is 0.368. The van der Waals surface area contributed by atoms with Crippen molar-refractivity contribution in [2.75, 3.05) is 13.6 Å². The van der Waals surface area contributed by atoms with Crippen LogP contribution < -0.4 is 10.6 Å². The minimum absolute atomic E-state index is 0.682. The number of aryl methyl sites for hydroxylation is 4. The predicted octanol–water partition coefficient (Wildman–Crippen LogP) is 3.06. The second kappa shape index (κ2) is 9.41. The third kappa shape index (κ3) is 5.04. The van der Waals surface area contributed by atoms with Crippen LogP contribution in [0.25, 0.3) is 5.69 Å². The number of benzene rings is 1. The maximum atomic E-state index is 4.71. The Bertz CT molecular complexity index is 967. The molecule has 2 aromatic heterocycles. The summed E-state index contributed by atoms with van der Waals surface area (Å²) in [5.41, 5.74) is 6.70. The van der Waals surface area contributed by atoms with Crippen LogP contribution in [0.5, 0.6) is 0 Å². The van der Waals surface area contributed by atoms with Crippen LogP contribution in [0.2, 0.25) is 0 Å². The molecule has 0 unspecified atom stereocenters. The average Bonchev–Trinajstić information content (AvgIpc) is 3.19. The Morgan fingerprint density at radius 3 is 2.45 bits per heavy atom. The lowest BCUT2D eigenvalue weighted by atomic mass is 10.2. The molecule has 1 aromatic carbocycles. The Balaban J connectivity index is 1.53. The van der Waals surface area contributed by atoms with Gasteiger partial charge in [0.2, 0.25) is 0 Å². The molecule has 0 aliphatic carbocycles. The Kier molecular flexibility index (Phi) is 6.69. The summed E-state index contributed by atoms with van der Waals surface area (Å²) in [6.07, 6.45) is 0.979. The van der Waals surface area contributed by atoms with Gasteiger partial charge in [-0.25, -0.2) is 4.68 Å². The Labute approximate surface area is 172 Å². The van der Waals surface area contributed by atoms with Gasteiger partial charge in [-0.1, -0.05) is 18.2 Å². The largest absolute Gasteiger partial charge is 0.356 e. The zero-order valence-corrected chi connectivity index (χ0v) is 18.0. The van der Waals surface area contributed by atoms with Crippen molar-refractivity contribution in [3.63, 3.8) is 0 Å². The minimum atomic E-state index is 0.682. The van der Waals surface area contributed by atoms with Crippen LogP contribution >= 0.6 is 0 Å². The summed E-state index contributed by atoms with van der Waals surface area (Å²) in [6, 6.07) is 12.3. The van der Waals surface area contributed by atoms with E-state index >= 15 is 0 Å². The fourth-order valence-corrected chi connectivity index (χ4v) is 3.48. The SMILES string of the molecule is CN=C(NCCCn1nc(C)cc1C)NCc1c(C)nn(-c2ccccc2)c1C. The number of nitrogens with zero attached hydrogens (tertiary/aromatic N) is 5. The summed E-state index contributed by atoms with van der Waals surface area (Å²) >= 11 is 0. The molecule has 29 heavy (non-hydrogen) atoms. The first kappa shape index (κ1) is 20.6. The van der Waals surface area contributed by atoms with E-state index in [2.05, 4.69) is 57.5 Å². The molecule has 0 aliphatic rings. The number of rotatable bonds is 7. The van der Waals surface area contributed by atoms with Gasteiger partial charge >= 0.3 is 0 Å². The van der Waals surface area contributed by atoms with Crippen molar-refractivity contribution in [2.45, 2.75) is 47.2 Å². The Hall–Kier alpha value is -3.09. The molecule has 2 heterocycles. The molecular weight excluding hydrogens is 362 g/mol. The number of aliphatic imine (C=N–C) groups is 1. The van der Waals surface area contributed by atoms with Gasteiger partial charge in [-0.3, -0.25) is 9.67 Å². The van der Waals surface area contributed by atoms with Crippen molar-refractivity contribution < 1.29 is 0 Å². The molecule has 7 nitrogen and oxygen atoms in total. The van der Waals surface area contributed by atoms with Crippen LogP contribution in [0.4, 0.5) is 0 Å². The molecule has 154 valence electrons. The number of guanidine groups is 1. The first-order valence-corrected chi connectivity index (χ1v) is 10.1. The first-order valence-electron chi connectivity index (χ1n) is 10.1. The van der Waals surface area contributed by atoms with Gasteiger partial charge < -0.3 is 10.6 Å².